The molecule has 0 saturated carbocycles. The summed E-state index contributed by atoms with van der Waals surface area (Å²) >= 11 is 6.26. The Hall–Kier alpha value is -1.39. The lowest BCUT2D eigenvalue weighted by molar-refractivity contribution is 0.478. The number of aromatic nitrogens is 3. The predicted molar refractivity (Wildman–Crippen MR) is 77.4 cm³/mol. The minimum Gasteiger partial charge on any atom is -0.313 e. The Morgan fingerprint density at radius 3 is 2.68 bits per heavy atom. The molecule has 0 aliphatic carbocycles. The van der Waals surface area contributed by atoms with E-state index >= 15 is 0 Å². The number of likely N-dealkylation sites (N-methyl/N-ethyl adjacent to an activating group) is 1. The first-order chi connectivity index (χ1) is 9.13. The smallest absolute Gasteiger partial charge is 0.138 e. The van der Waals surface area contributed by atoms with Crippen molar-refractivity contribution in [2.45, 2.75) is 32.4 Å². The van der Waals surface area contributed by atoms with Gasteiger partial charge in [0.25, 0.3) is 0 Å². The van der Waals surface area contributed by atoms with Crippen molar-refractivity contribution >= 4 is 11.6 Å². The summed E-state index contributed by atoms with van der Waals surface area (Å²) in [5.41, 5.74) is 1.09. The van der Waals surface area contributed by atoms with Crippen molar-refractivity contribution in [1.29, 1.82) is 0 Å². The number of nitrogens with one attached hydrogen (secondary N) is 1. The summed E-state index contributed by atoms with van der Waals surface area (Å²) < 4.78 is 1.95. The lowest BCUT2D eigenvalue weighted by atomic mass is 10.0. The van der Waals surface area contributed by atoms with E-state index < -0.39 is 0 Å². The second kappa shape index (κ2) is 6.17. The summed E-state index contributed by atoms with van der Waals surface area (Å²) in [7, 11) is 1.93. The van der Waals surface area contributed by atoms with E-state index in [0.717, 1.165) is 22.8 Å². The van der Waals surface area contributed by atoms with Crippen LogP contribution in [0.3, 0.4) is 0 Å². The number of halogens is 1. The fourth-order valence-electron chi connectivity index (χ4n) is 2.16. The highest BCUT2D eigenvalue weighted by Crippen LogP contribution is 2.25. The molecule has 1 unspecified atom stereocenters. The number of benzene rings is 1. The third-order valence-electron chi connectivity index (χ3n) is 3.15. The van der Waals surface area contributed by atoms with Gasteiger partial charge in [-0.05, 0) is 32.5 Å². The second-order valence-electron chi connectivity index (χ2n) is 4.78. The predicted octanol–water partition coefficient (Wildman–Crippen LogP) is 3.02. The van der Waals surface area contributed by atoms with Crippen LogP contribution in [0.25, 0.3) is 0 Å². The highest BCUT2D eigenvalue weighted by atomic mass is 35.5. The van der Waals surface area contributed by atoms with Crippen molar-refractivity contribution in [3.63, 3.8) is 0 Å². The zero-order valence-corrected chi connectivity index (χ0v) is 12.2. The average Bonchev–Trinajstić information content (AvgIpc) is 2.85. The molecule has 0 fully saturated rings. The van der Waals surface area contributed by atoms with Crippen molar-refractivity contribution in [2.75, 3.05) is 7.05 Å². The van der Waals surface area contributed by atoms with Gasteiger partial charge in [0.1, 0.15) is 12.2 Å². The molecule has 4 nitrogen and oxygen atoms in total. The lowest BCUT2D eigenvalue weighted by Crippen LogP contribution is -2.22. The van der Waals surface area contributed by atoms with Gasteiger partial charge < -0.3 is 5.32 Å². The summed E-state index contributed by atoms with van der Waals surface area (Å²) in [6, 6.07) is 8.33. The zero-order valence-electron chi connectivity index (χ0n) is 11.5. The van der Waals surface area contributed by atoms with Gasteiger partial charge in [0.15, 0.2) is 0 Å². The fourth-order valence-corrected chi connectivity index (χ4v) is 2.43. The molecule has 0 radical (unpaired) electrons. The van der Waals surface area contributed by atoms with Crippen molar-refractivity contribution in [3.05, 3.63) is 47.0 Å². The molecule has 1 atom stereocenters. The largest absolute Gasteiger partial charge is 0.313 e. The van der Waals surface area contributed by atoms with Crippen LogP contribution in [0.5, 0.6) is 0 Å². The highest BCUT2D eigenvalue weighted by Gasteiger charge is 2.17. The SMILES string of the molecule is CNC(Cc1ncnn1C(C)C)c1ccccc1Cl. The van der Waals surface area contributed by atoms with Crippen LogP contribution < -0.4 is 5.32 Å². The standard InChI is InChI=1S/C14H19ClN4/c1-10(2)19-14(17-9-18-19)8-13(16-3)11-6-4-5-7-12(11)15/h4-7,9-10,13,16H,8H2,1-3H3. The van der Waals surface area contributed by atoms with Gasteiger partial charge in [-0.2, -0.15) is 5.10 Å². The monoisotopic (exact) mass is 278 g/mol. The van der Waals surface area contributed by atoms with Crippen LogP contribution in [0.2, 0.25) is 5.02 Å². The van der Waals surface area contributed by atoms with E-state index in [-0.39, 0.29) is 6.04 Å². The molecule has 2 rings (SSSR count). The first-order valence-corrected chi connectivity index (χ1v) is 6.81. The molecular weight excluding hydrogens is 260 g/mol. The topological polar surface area (TPSA) is 42.7 Å². The van der Waals surface area contributed by atoms with Crippen LogP contribution in [0, 0.1) is 0 Å². The van der Waals surface area contributed by atoms with Crippen molar-refractivity contribution in [1.82, 2.24) is 20.1 Å². The third kappa shape index (κ3) is 3.14. The second-order valence-corrected chi connectivity index (χ2v) is 5.19. The molecule has 1 N–H and O–H groups in total. The minimum atomic E-state index is 0.135. The summed E-state index contributed by atoms with van der Waals surface area (Å²) in [6.45, 7) is 4.20. The first-order valence-electron chi connectivity index (χ1n) is 6.43. The van der Waals surface area contributed by atoms with Gasteiger partial charge >= 0.3 is 0 Å². The molecule has 0 amide bonds. The van der Waals surface area contributed by atoms with Gasteiger partial charge in [-0.15, -0.1) is 0 Å². The first kappa shape index (κ1) is 14.0. The highest BCUT2D eigenvalue weighted by molar-refractivity contribution is 6.31. The summed E-state index contributed by atoms with van der Waals surface area (Å²) in [6.07, 6.45) is 2.37. The molecule has 0 bridgehead atoms. The van der Waals surface area contributed by atoms with Crippen LogP contribution in [0.15, 0.2) is 30.6 Å². The van der Waals surface area contributed by atoms with Crippen molar-refractivity contribution in [2.24, 2.45) is 0 Å². The molecule has 19 heavy (non-hydrogen) atoms. The Morgan fingerprint density at radius 1 is 1.32 bits per heavy atom. The molecule has 5 heteroatoms. The number of rotatable bonds is 5. The number of nitrogens with zero attached hydrogens (tertiary/aromatic N) is 3. The van der Waals surface area contributed by atoms with E-state index in [4.69, 9.17) is 11.6 Å². The Kier molecular flexibility index (Phi) is 4.56. The lowest BCUT2D eigenvalue weighted by Gasteiger charge is -2.18. The third-order valence-corrected chi connectivity index (χ3v) is 3.50. The van der Waals surface area contributed by atoms with E-state index in [1.165, 1.54) is 0 Å². The molecule has 1 aromatic carbocycles. The van der Waals surface area contributed by atoms with Crippen LogP contribution in [0.1, 0.15) is 37.3 Å². The van der Waals surface area contributed by atoms with Crippen LogP contribution in [0.4, 0.5) is 0 Å². The van der Waals surface area contributed by atoms with Gasteiger partial charge in [-0.3, -0.25) is 0 Å². The molecule has 0 spiro atoms. The normalized spacial score (nSPS) is 12.9. The van der Waals surface area contributed by atoms with E-state index in [1.807, 2.05) is 36.0 Å². The molecule has 0 aliphatic heterocycles. The van der Waals surface area contributed by atoms with Gasteiger partial charge in [-0.1, -0.05) is 29.8 Å². The molecule has 1 heterocycles. The van der Waals surface area contributed by atoms with Gasteiger partial charge in [0.2, 0.25) is 0 Å². The van der Waals surface area contributed by atoms with Crippen molar-refractivity contribution in [3.8, 4) is 0 Å². The van der Waals surface area contributed by atoms with Crippen LogP contribution in [-0.2, 0) is 6.42 Å². The average molecular weight is 279 g/mol. The molecule has 0 saturated heterocycles. The minimum absolute atomic E-state index is 0.135. The quantitative estimate of drug-likeness (QED) is 0.914. The maximum Gasteiger partial charge on any atom is 0.138 e. The summed E-state index contributed by atoms with van der Waals surface area (Å²) in [5.74, 6) is 0.967. The summed E-state index contributed by atoms with van der Waals surface area (Å²) in [4.78, 5) is 4.35. The van der Waals surface area contributed by atoms with E-state index in [9.17, 15) is 0 Å². The summed E-state index contributed by atoms with van der Waals surface area (Å²) in [5, 5.41) is 8.34. The van der Waals surface area contributed by atoms with Crippen LogP contribution >= 0.6 is 11.6 Å². The van der Waals surface area contributed by atoms with Gasteiger partial charge in [0.05, 0.1) is 0 Å². The van der Waals surface area contributed by atoms with E-state index in [1.54, 1.807) is 6.33 Å². The molecule has 0 aliphatic rings. The van der Waals surface area contributed by atoms with Gasteiger partial charge in [-0.25, -0.2) is 9.67 Å². The van der Waals surface area contributed by atoms with Crippen LogP contribution in [-0.4, -0.2) is 21.8 Å². The molecule has 1 aromatic heterocycles. The Bertz CT molecular complexity index is 536. The van der Waals surface area contributed by atoms with Gasteiger partial charge in [0, 0.05) is 23.5 Å². The van der Waals surface area contributed by atoms with Crippen molar-refractivity contribution < 1.29 is 0 Å². The molecular formula is C14H19ClN4. The maximum absolute atomic E-state index is 6.26. The maximum atomic E-state index is 6.26. The van der Waals surface area contributed by atoms with E-state index in [2.05, 4.69) is 29.2 Å². The van der Waals surface area contributed by atoms with E-state index in [0.29, 0.717) is 6.04 Å². The molecule has 102 valence electrons. The number of hydrogen-bond donors (Lipinski definition) is 1. The number of hydrogen-bond acceptors (Lipinski definition) is 3. The molecule has 2 aromatic rings. The Morgan fingerprint density at radius 2 is 2.05 bits per heavy atom. The zero-order chi connectivity index (χ0) is 13.8. The Labute approximate surface area is 118 Å². The Balaban J connectivity index is 2.25. The fraction of sp³-hybridized carbons (Fsp3) is 0.429.